The average molecular weight is 403 g/mol. The van der Waals surface area contributed by atoms with Crippen LogP contribution in [0.2, 0.25) is 0 Å². The molecule has 146 valence electrons. The second-order valence-corrected chi connectivity index (χ2v) is 8.60. The van der Waals surface area contributed by atoms with Crippen molar-refractivity contribution in [2.24, 2.45) is 0 Å². The molecule has 1 amide bonds. The molecule has 1 unspecified atom stereocenters. The second kappa shape index (κ2) is 8.67. The number of sulfonamides is 1. The molecular formula is C17H27ClN4O3S. The van der Waals surface area contributed by atoms with Crippen LogP contribution >= 0.6 is 12.4 Å². The van der Waals surface area contributed by atoms with Crippen LogP contribution in [0.15, 0.2) is 29.2 Å². The van der Waals surface area contributed by atoms with Crippen LogP contribution in [0, 0.1) is 0 Å². The Morgan fingerprint density at radius 3 is 2.35 bits per heavy atom. The van der Waals surface area contributed by atoms with Crippen molar-refractivity contribution in [1.29, 1.82) is 0 Å². The number of hydrogen-bond donors (Lipinski definition) is 1. The highest BCUT2D eigenvalue weighted by Crippen LogP contribution is 2.25. The Kier molecular flexibility index (Phi) is 7.04. The van der Waals surface area contributed by atoms with Crippen LogP contribution in [0.25, 0.3) is 0 Å². The largest absolute Gasteiger partial charge is 0.316 e. The summed E-state index contributed by atoms with van der Waals surface area (Å²) in [5, 5.41) is 3.33. The fourth-order valence-electron chi connectivity index (χ4n) is 3.45. The van der Waals surface area contributed by atoms with E-state index in [9.17, 15) is 13.2 Å². The highest BCUT2D eigenvalue weighted by atomic mass is 35.5. The summed E-state index contributed by atoms with van der Waals surface area (Å²) in [6, 6.07) is 6.83. The molecule has 1 atom stereocenters. The van der Waals surface area contributed by atoms with Gasteiger partial charge in [-0.05, 0) is 30.7 Å². The standard InChI is InChI=1S/C17H26N4O3S.ClH/c1-14(22)19(2)15-3-5-17(6-4-15)25(23,24)21-10-7-16(13-21)20-11-8-18-9-12-20;/h3-6,16,18H,7-13H2,1-2H3;1H. The second-order valence-electron chi connectivity index (χ2n) is 6.66. The Labute approximate surface area is 161 Å². The maximum absolute atomic E-state index is 12.9. The third-order valence-corrected chi connectivity index (χ3v) is 7.01. The molecule has 3 rings (SSSR count). The topological polar surface area (TPSA) is 73.0 Å². The first kappa shape index (κ1) is 21.1. The normalized spacial score (nSPS) is 22.0. The van der Waals surface area contributed by atoms with Gasteiger partial charge in [-0.25, -0.2) is 8.42 Å². The number of piperazine rings is 1. The van der Waals surface area contributed by atoms with Gasteiger partial charge >= 0.3 is 0 Å². The molecule has 2 aliphatic rings. The number of nitrogens with zero attached hydrogens (tertiary/aromatic N) is 3. The Balaban J connectivity index is 0.00000243. The van der Waals surface area contributed by atoms with Gasteiger partial charge in [0.25, 0.3) is 0 Å². The van der Waals surface area contributed by atoms with E-state index in [1.54, 1.807) is 35.6 Å². The van der Waals surface area contributed by atoms with Gasteiger partial charge in [-0.3, -0.25) is 9.69 Å². The van der Waals surface area contributed by atoms with E-state index in [2.05, 4.69) is 10.2 Å². The molecule has 7 nitrogen and oxygen atoms in total. The Morgan fingerprint density at radius 2 is 1.77 bits per heavy atom. The fourth-order valence-corrected chi connectivity index (χ4v) is 4.94. The predicted octanol–water partition coefficient (Wildman–Crippen LogP) is 0.759. The Morgan fingerprint density at radius 1 is 1.15 bits per heavy atom. The zero-order chi connectivity index (χ0) is 18.0. The van der Waals surface area contributed by atoms with Gasteiger partial charge in [-0.1, -0.05) is 0 Å². The molecule has 26 heavy (non-hydrogen) atoms. The van der Waals surface area contributed by atoms with Crippen molar-refractivity contribution >= 4 is 34.0 Å². The number of nitrogens with one attached hydrogen (secondary N) is 1. The Bertz CT molecular complexity index is 720. The third kappa shape index (κ3) is 4.37. The number of carbonyl (C=O) groups excluding carboxylic acids is 1. The number of hydrogen-bond acceptors (Lipinski definition) is 5. The molecule has 2 fully saturated rings. The number of anilines is 1. The van der Waals surface area contributed by atoms with E-state index in [0.29, 0.717) is 24.8 Å². The smallest absolute Gasteiger partial charge is 0.243 e. The monoisotopic (exact) mass is 402 g/mol. The van der Waals surface area contributed by atoms with Gasteiger partial charge < -0.3 is 10.2 Å². The summed E-state index contributed by atoms with van der Waals surface area (Å²) in [6.07, 6.45) is 0.879. The summed E-state index contributed by atoms with van der Waals surface area (Å²) in [6.45, 7) is 6.48. The molecule has 0 saturated carbocycles. The summed E-state index contributed by atoms with van der Waals surface area (Å²) >= 11 is 0. The van der Waals surface area contributed by atoms with Crippen molar-refractivity contribution in [2.45, 2.75) is 24.3 Å². The van der Waals surface area contributed by atoms with Crippen LogP contribution in [0.3, 0.4) is 0 Å². The summed E-state index contributed by atoms with van der Waals surface area (Å²) in [4.78, 5) is 15.6. The fraction of sp³-hybridized carbons (Fsp3) is 0.588. The molecule has 0 radical (unpaired) electrons. The lowest BCUT2D eigenvalue weighted by atomic mass is 10.2. The summed E-state index contributed by atoms with van der Waals surface area (Å²) in [5.74, 6) is -0.0889. The molecule has 2 saturated heterocycles. The highest BCUT2D eigenvalue weighted by Gasteiger charge is 2.35. The van der Waals surface area contributed by atoms with E-state index in [4.69, 9.17) is 0 Å². The first-order chi connectivity index (χ1) is 11.9. The van der Waals surface area contributed by atoms with E-state index in [1.807, 2.05) is 0 Å². The van der Waals surface area contributed by atoms with Gasteiger partial charge in [0.2, 0.25) is 15.9 Å². The average Bonchev–Trinajstić information content (AvgIpc) is 3.13. The minimum atomic E-state index is -3.49. The van der Waals surface area contributed by atoms with Crippen molar-refractivity contribution in [3.05, 3.63) is 24.3 Å². The summed E-state index contributed by atoms with van der Waals surface area (Å²) in [7, 11) is -1.81. The number of carbonyl (C=O) groups is 1. The van der Waals surface area contributed by atoms with Crippen molar-refractivity contribution < 1.29 is 13.2 Å². The van der Waals surface area contributed by atoms with Crippen LogP contribution in [0.4, 0.5) is 5.69 Å². The van der Waals surface area contributed by atoms with Crippen LogP contribution in [-0.2, 0) is 14.8 Å². The molecule has 0 aliphatic carbocycles. The molecule has 0 aromatic heterocycles. The van der Waals surface area contributed by atoms with Crippen LogP contribution in [0.1, 0.15) is 13.3 Å². The zero-order valence-electron chi connectivity index (χ0n) is 15.2. The third-order valence-electron chi connectivity index (χ3n) is 5.13. The van der Waals surface area contributed by atoms with Crippen LogP contribution in [0.5, 0.6) is 0 Å². The first-order valence-electron chi connectivity index (χ1n) is 8.69. The lowest BCUT2D eigenvalue weighted by Crippen LogP contribution is -2.49. The van der Waals surface area contributed by atoms with E-state index in [1.165, 1.54) is 11.8 Å². The Hall–Kier alpha value is -1.19. The van der Waals surface area contributed by atoms with Gasteiger partial charge in [-0.15, -0.1) is 12.4 Å². The number of benzene rings is 1. The van der Waals surface area contributed by atoms with Gasteiger partial charge in [0.1, 0.15) is 0 Å². The molecule has 0 bridgehead atoms. The molecule has 1 N–H and O–H groups in total. The minimum absolute atomic E-state index is 0. The number of halogens is 1. The number of rotatable bonds is 4. The number of amides is 1. The molecule has 1 aromatic carbocycles. The van der Waals surface area contributed by atoms with Gasteiger partial charge in [0.05, 0.1) is 4.90 Å². The highest BCUT2D eigenvalue weighted by molar-refractivity contribution is 7.89. The van der Waals surface area contributed by atoms with E-state index >= 15 is 0 Å². The van der Waals surface area contributed by atoms with E-state index in [-0.39, 0.29) is 23.2 Å². The minimum Gasteiger partial charge on any atom is -0.316 e. The molecular weight excluding hydrogens is 376 g/mol. The van der Waals surface area contributed by atoms with Crippen molar-refractivity contribution in [3.8, 4) is 0 Å². The molecule has 2 aliphatic heterocycles. The quantitative estimate of drug-likeness (QED) is 0.804. The van der Waals surface area contributed by atoms with Gasteiger partial charge in [-0.2, -0.15) is 4.31 Å². The molecule has 1 aromatic rings. The van der Waals surface area contributed by atoms with E-state index < -0.39 is 10.0 Å². The SMILES string of the molecule is CC(=O)N(C)c1ccc(S(=O)(=O)N2CCC(N3CCNCC3)C2)cc1.Cl. The maximum atomic E-state index is 12.9. The molecule has 9 heteroatoms. The lowest BCUT2D eigenvalue weighted by molar-refractivity contribution is -0.116. The van der Waals surface area contributed by atoms with Gasteiger partial charge in [0, 0.05) is 65.0 Å². The molecule has 0 spiro atoms. The van der Waals surface area contributed by atoms with Crippen molar-refractivity contribution in [2.75, 3.05) is 51.2 Å². The van der Waals surface area contributed by atoms with Crippen LogP contribution in [-0.4, -0.2) is 75.9 Å². The van der Waals surface area contributed by atoms with Crippen LogP contribution < -0.4 is 10.2 Å². The zero-order valence-corrected chi connectivity index (χ0v) is 16.9. The van der Waals surface area contributed by atoms with E-state index in [0.717, 1.165) is 32.6 Å². The van der Waals surface area contributed by atoms with Gasteiger partial charge in [0.15, 0.2) is 0 Å². The molecule has 2 heterocycles. The summed E-state index contributed by atoms with van der Waals surface area (Å²) < 4.78 is 27.4. The predicted molar refractivity (Wildman–Crippen MR) is 104 cm³/mol. The van der Waals surface area contributed by atoms with Crippen molar-refractivity contribution in [3.63, 3.8) is 0 Å². The lowest BCUT2D eigenvalue weighted by Gasteiger charge is -2.32. The maximum Gasteiger partial charge on any atom is 0.243 e. The van der Waals surface area contributed by atoms with Crippen molar-refractivity contribution in [1.82, 2.24) is 14.5 Å². The first-order valence-corrected chi connectivity index (χ1v) is 10.1. The summed E-state index contributed by atoms with van der Waals surface area (Å²) in [5.41, 5.74) is 0.687.